The normalized spacial score (nSPS) is 11.8. The smallest absolute Gasteiger partial charge is 0.0853 e. The largest absolute Gasteiger partial charge is 0.306 e. The first kappa shape index (κ1) is 14.0. The van der Waals surface area contributed by atoms with Gasteiger partial charge >= 0.3 is 0 Å². The van der Waals surface area contributed by atoms with Crippen LogP contribution in [-0.2, 0) is 6.54 Å². The van der Waals surface area contributed by atoms with Gasteiger partial charge in [-0.05, 0) is 45.4 Å². The standard InChI is InChI=1S/C14H19ClN4/c1-10-5-6-13(12(15)7-10)19-11(9-17-18-19)8-16-14(2,3)4/h5-7,9,16H,8H2,1-4H3. The predicted octanol–water partition coefficient (Wildman–Crippen LogP) is 3.12. The molecule has 0 amide bonds. The van der Waals surface area contributed by atoms with Crippen LogP contribution in [0.4, 0.5) is 0 Å². The quantitative estimate of drug-likeness (QED) is 0.938. The molecule has 0 bridgehead atoms. The van der Waals surface area contributed by atoms with Crippen molar-refractivity contribution in [3.05, 3.63) is 40.7 Å². The Bertz CT molecular complexity index is 569. The van der Waals surface area contributed by atoms with E-state index in [9.17, 15) is 0 Å². The van der Waals surface area contributed by atoms with E-state index in [4.69, 9.17) is 11.6 Å². The second-order valence-corrected chi connectivity index (χ2v) is 6.10. The van der Waals surface area contributed by atoms with Crippen LogP contribution in [0.5, 0.6) is 0 Å². The van der Waals surface area contributed by atoms with Gasteiger partial charge < -0.3 is 5.32 Å². The summed E-state index contributed by atoms with van der Waals surface area (Å²) in [5.74, 6) is 0. The summed E-state index contributed by atoms with van der Waals surface area (Å²) in [5, 5.41) is 12.2. The zero-order valence-corrected chi connectivity index (χ0v) is 12.5. The van der Waals surface area contributed by atoms with Gasteiger partial charge in [0.05, 0.1) is 22.6 Å². The third kappa shape index (κ3) is 3.55. The molecule has 0 aliphatic carbocycles. The molecule has 2 rings (SSSR count). The summed E-state index contributed by atoms with van der Waals surface area (Å²) in [5.41, 5.74) is 3.02. The van der Waals surface area contributed by atoms with E-state index in [1.165, 1.54) is 0 Å². The highest BCUT2D eigenvalue weighted by atomic mass is 35.5. The van der Waals surface area contributed by atoms with Gasteiger partial charge in [0.15, 0.2) is 0 Å². The minimum Gasteiger partial charge on any atom is -0.306 e. The van der Waals surface area contributed by atoms with E-state index in [2.05, 4.69) is 36.4 Å². The van der Waals surface area contributed by atoms with E-state index in [0.717, 1.165) is 16.9 Å². The number of hydrogen-bond donors (Lipinski definition) is 1. The summed E-state index contributed by atoms with van der Waals surface area (Å²) in [6.07, 6.45) is 1.76. The maximum Gasteiger partial charge on any atom is 0.0853 e. The van der Waals surface area contributed by atoms with Crippen LogP contribution in [-0.4, -0.2) is 20.5 Å². The van der Waals surface area contributed by atoms with Crippen LogP contribution in [0.15, 0.2) is 24.4 Å². The molecular weight excluding hydrogens is 260 g/mol. The van der Waals surface area contributed by atoms with E-state index in [1.807, 2.05) is 25.1 Å². The molecule has 1 aromatic heterocycles. The van der Waals surface area contributed by atoms with Gasteiger partial charge in [-0.1, -0.05) is 22.9 Å². The molecule has 0 fully saturated rings. The summed E-state index contributed by atoms with van der Waals surface area (Å²) in [6.45, 7) is 9.08. The van der Waals surface area contributed by atoms with Crippen molar-refractivity contribution in [2.24, 2.45) is 0 Å². The lowest BCUT2D eigenvalue weighted by Gasteiger charge is -2.20. The zero-order chi connectivity index (χ0) is 14.0. The van der Waals surface area contributed by atoms with Crippen LogP contribution in [0.3, 0.4) is 0 Å². The van der Waals surface area contributed by atoms with Gasteiger partial charge in [0.2, 0.25) is 0 Å². The van der Waals surface area contributed by atoms with Crippen molar-refractivity contribution >= 4 is 11.6 Å². The fraction of sp³-hybridized carbons (Fsp3) is 0.429. The first-order chi connectivity index (χ1) is 8.87. The minimum atomic E-state index is 0.0478. The fourth-order valence-electron chi connectivity index (χ4n) is 1.72. The van der Waals surface area contributed by atoms with E-state index in [1.54, 1.807) is 10.9 Å². The van der Waals surface area contributed by atoms with E-state index < -0.39 is 0 Å². The molecule has 5 heteroatoms. The molecule has 0 saturated carbocycles. The Morgan fingerprint density at radius 2 is 2.05 bits per heavy atom. The molecule has 2 aromatic rings. The second kappa shape index (κ2) is 5.31. The number of hydrogen-bond acceptors (Lipinski definition) is 3. The molecule has 0 unspecified atom stereocenters. The Balaban J connectivity index is 2.28. The van der Waals surface area contributed by atoms with Gasteiger partial charge in [0.1, 0.15) is 0 Å². The Kier molecular flexibility index (Phi) is 3.92. The van der Waals surface area contributed by atoms with Crippen molar-refractivity contribution in [1.29, 1.82) is 0 Å². The summed E-state index contributed by atoms with van der Waals surface area (Å²) in [4.78, 5) is 0. The predicted molar refractivity (Wildman–Crippen MR) is 77.7 cm³/mol. The number of aromatic nitrogens is 3. The van der Waals surface area contributed by atoms with Gasteiger partial charge in [0, 0.05) is 12.1 Å². The van der Waals surface area contributed by atoms with Gasteiger partial charge in [-0.2, -0.15) is 0 Å². The first-order valence-corrected chi connectivity index (χ1v) is 6.66. The lowest BCUT2D eigenvalue weighted by Crippen LogP contribution is -2.35. The highest BCUT2D eigenvalue weighted by Gasteiger charge is 2.13. The van der Waals surface area contributed by atoms with Crippen molar-refractivity contribution in [1.82, 2.24) is 20.3 Å². The van der Waals surface area contributed by atoms with Crippen molar-refractivity contribution in [2.45, 2.75) is 39.8 Å². The molecule has 4 nitrogen and oxygen atoms in total. The lowest BCUT2D eigenvalue weighted by molar-refractivity contribution is 0.418. The minimum absolute atomic E-state index is 0.0478. The first-order valence-electron chi connectivity index (χ1n) is 6.28. The Hall–Kier alpha value is -1.39. The molecule has 19 heavy (non-hydrogen) atoms. The van der Waals surface area contributed by atoms with Crippen molar-refractivity contribution in [2.75, 3.05) is 0 Å². The molecule has 102 valence electrons. The number of halogens is 1. The van der Waals surface area contributed by atoms with Crippen LogP contribution in [0, 0.1) is 6.92 Å². The maximum absolute atomic E-state index is 6.27. The lowest BCUT2D eigenvalue weighted by atomic mass is 10.1. The third-order valence-electron chi connectivity index (χ3n) is 2.75. The van der Waals surface area contributed by atoms with E-state index >= 15 is 0 Å². The molecule has 0 aliphatic rings. The molecule has 0 atom stereocenters. The number of benzene rings is 1. The van der Waals surface area contributed by atoms with E-state index in [0.29, 0.717) is 11.6 Å². The second-order valence-electron chi connectivity index (χ2n) is 5.70. The molecular formula is C14H19ClN4. The SMILES string of the molecule is Cc1ccc(-n2nncc2CNC(C)(C)C)c(Cl)c1. The summed E-state index contributed by atoms with van der Waals surface area (Å²) in [7, 11) is 0. The average Bonchev–Trinajstić information content (AvgIpc) is 2.73. The topological polar surface area (TPSA) is 42.7 Å². The molecule has 1 N–H and O–H groups in total. The maximum atomic E-state index is 6.27. The fourth-order valence-corrected chi connectivity index (χ4v) is 2.03. The number of nitrogens with one attached hydrogen (secondary N) is 1. The monoisotopic (exact) mass is 278 g/mol. The molecule has 0 saturated heterocycles. The van der Waals surface area contributed by atoms with Gasteiger partial charge in [0.25, 0.3) is 0 Å². The van der Waals surface area contributed by atoms with Gasteiger partial charge in [-0.25, -0.2) is 4.68 Å². The van der Waals surface area contributed by atoms with Gasteiger partial charge in [-0.3, -0.25) is 0 Å². The van der Waals surface area contributed by atoms with Crippen LogP contribution >= 0.6 is 11.6 Å². The van der Waals surface area contributed by atoms with Gasteiger partial charge in [-0.15, -0.1) is 5.10 Å². The van der Waals surface area contributed by atoms with Crippen LogP contribution < -0.4 is 5.32 Å². The van der Waals surface area contributed by atoms with Crippen LogP contribution in [0.1, 0.15) is 32.0 Å². The molecule has 0 spiro atoms. The van der Waals surface area contributed by atoms with Crippen molar-refractivity contribution < 1.29 is 0 Å². The Morgan fingerprint density at radius 1 is 1.32 bits per heavy atom. The Morgan fingerprint density at radius 3 is 2.68 bits per heavy atom. The highest BCUT2D eigenvalue weighted by Crippen LogP contribution is 2.22. The summed E-state index contributed by atoms with van der Waals surface area (Å²) >= 11 is 6.27. The number of rotatable bonds is 3. The average molecular weight is 279 g/mol. The Labute approximate surface area is 118 Å². The summed E-state index contributed by atoms with van der Waals surface area (Å²) in [6, 6.07) is 5.91. The van der Waals surface area contributed by atoms with E-state index in [-0.39, 0.29) is 5.54 Å². The van der Waals surface area contributed by atoms with Crippen LogP contribution in [0.2, 0.25) is 5.02 Å². The molecule has 0 radical (unpaired) electrons. The molecule has 1 aromatic carbocycles. The van der Waals surface area contributed by atoms with Crippen molar-refractivity contribution in [3.8, 4) is 5.69 Å². The number of nitrogens with zero attached hydrogens (tertiary/aromatic N) is 3. The summed E-state index contributed by atoms with van der Waals surface area (Å²) < 4.78 is 1.78. The van der Waals surface area contributed by atoms with Crippen molar-refractivity contribution in [3.63, 3.8) is 0 Å². The highest BCUT2D eigenvalue weighted by molar-refractivity contribution is 6.32. The molecule has 1 heterocycles. The number of aryl methyl sites for hydroxylation is 1. The molecule has 0 aliphatic heterocycles. The third-order valence-corrected chi connectivity index (χ3v) is 3.05. The van der Waals surface area contributed by atoms with Crippen LogP contribution in [0.25, 0.3) is 5.69 Å². The zero-order valence-electron chi connectivity index (χ0n) is 11.7.